The van der Waals surface area contributed by atoms with Crippen LogP contribution in [0.3, 0.4) is 0 Å². The van der Waals surface area contributed by atoms with E-state index in [0.717, 1.165) is 18.9 Å². The summed E-state index contributed by atoms with van der Waals surface area (Å²) in [5, 5.41) is 0. The third-order valence-electron chi connectivity index (χ3n) is 1.71. The third kappa shape index (κ3) is 2.82. The number of ether oxygens (including phenoxy) is 1. The molecule has 1 unspecified atom stereocenters. The van der Waals surface area contributed by atoms with Crippen molar-refractivity contribution in [2.75, 3.05) is 13.7 Å². The molecule has 1 saturated carbocycles. The lowest BCUT2D eigenvalue weighted by Crippen LogP contribution is -2.25. The van der Waals surface area contributed by atoms with E-state index in [0.29, 0.717) is 0 Å². The molecule has 0 radical (unpaired) electrons. The van der Waals surface area contributed by atoms with Gasteiger partial charge in [-0.25, -0.2) is 0 Å². The van der Waals surface area contributed by atoms with Crippen molar-refractivity contribution >= 4 is 0 Å². The Labute approximate surface area is 56.4 Å². The van der Waals surface area contributed by atoms with Gasteiger partial charge in [0.25, 0.3) is 0 Å². The lowest BCUT2D eigenvalue weighted by atomic mass is 10.2. The zero-order valence-electron chi connectivity index (χ0n) is 5.97. The van der Waals surface area contributed by atoms with E-state index in [9.17, 15) is 0 Å². The zero-order valence-corrected chi connectivity index (χ0v) is 5.97. The largest absolute Gasteiger partial charge is 0.383 e. The van der Waals surface area contributed by atoms with Gasteiger partial charge in [-0.2, -0.15) is 0 Å². The first-order chi connectivity index (χ1) is 4.33. The first kappa shape index (κ1) is 7.03. The third-order valence-corrected chi connectivity index (χ3v) is 1.71. The first-order valence-electron chi connectivity index (χ1n) is 3.57. The highest BCUT2D eigenvalue weighted by atomic mass is 16.5. The molecule has 1 aliphatic carbocycles. The van der Waals surface area contributed by atoms with Crippen LogP contribution in [0, 0.1) is 5.92 Å². The summed E-state index contributed by atoms with van der Waals surface area (Å²) in [6, 6.07) is 0.280. The zero-order chi connectivity index (χ0) is 6.69. The molecular weight excluding hydrogens is 114 g/mol. The topological polar surface area (TPSA) is 35.2 Å². The molecule has 2 N–H and O–H groups in total. The maximum Gasteiger partial charge on any atom is 0.0613 e. The van der Waals surface area contributed by atoms with Gasteiger partial charge in [0.15, 0.2) is 0 Å². The van der Waals surface area contributed by atoms with E-state index in [1.54, 1.807) is 7.11 Å². The van der Waals surface area contributed by atoms with Gasteiger partial charge in [0.05, 0.1) is 6.61 Å². The molecule has 0 heterocycles. The van der Waals surface area contributed by atoms with Crippen molar-refractivity contribution in [2.24, 2.45) is 11.7 Å². The van der Waals surface area contributed by atoms with Crippen LogP contribution in [-0.2, 0) is 4.74 Å². The summed E-state index contributed by atoms with van der Waals surface area (Å²) in [6.45, 7) is 0.719. The van der Waals surface area contributed by atoms with Crippen molar-refractivity contribution in [3.8, 4) is 0 Å². The molecule has 1 atom stereocenters. The maximum absolute atomic E-state index is 5.70. The second-order valence-corrected chi connectivity index (χ2v) is 2.89. The molecule has 1 rings (SSSR count). The molecule has 0 saturated heterocycles. The normalized spacial score (nSPS) is 22.0. The second-order valence-electron chi connectivity index (χ2n) is 2.89. The summed E-state index contributed by atoms with van der Waals surface area (Å²) in [4.78, 5) is 0. The van der Waals surface area contributed by atoms with Gasteiger partial charge in [-0.1, -0.05) is 12.8 Å². The van der Waals surface area contributed by atoms with Crippen LogP contribution in [0.4, 0.5) is 0 Å². The fraction of sp³-hybridized carbons (Fsp3) is 1.00. The Hall–Kier alpha value is -0.0800. The predicted octanol–water partition coefficient (Wildman–Crippen LogP) is 0.760. The summed E-state index contributed by atoms with van der Waals surface area (Å²) in [7, 11) is 1.70. The Balaban J connectivity index is 1.95. The van der Waals surface area contributed by atoms with E-state index < -0.39 is 0 Å². The van der Waals surface area contributed by atoms with Crippen molar-refractivity contribution in [1.29, 1.82) is 0 Å². The molecule has 0 bridgehead atoms. The number of hydrogen-bond acceptors (Lipinski definition) is 2. The summed E-state index contributed by atoms with van der Waals surface area (Å²) in [6.07, 6.45) is 3.93. The Kier molecular flexibility index (Phi) is 2.49. The van der Waals surface area contributed by atoms with Gasteiger partial charge < -0.3 is 10.5 Å². The highest BCUT2D eigenvalue weighted by molar-refractivity contribution is 4.77. The SMILES string of the molecule is COCC(N)CC1CC1. The minimum absolute atomic E-state index is 0.280. The van der Waals surface area contributed by atoms with Gasteiger partial charge in [0.1, 0.15) is 0 Å². The number of nitrogens with two attached hydrogens (primary N) is 1. The molecule has 1 aliphatic rings. The minimum Gasteiger partial charge on any atom is -0.383 e. The second kappa shape index (κ2) is 3.18. The fourth-order valence-electron chi connectivity index (χ4n) is 1.06. The smallest absolute Gasteiger partial charge is 0.0613 e. The summed E-state index contributed by atoms with van der Waals surface area (Å²) in [5.41, 5.74) is 5.70. The van der Waals surface area contributed by atoms with Crippen LogP contribution in [0.5, 0.6) is 0 Å². The van der Waals surface area contributed by atoms with Crippen molar-refractivity contribution in [3.63, 3.8) is 0 Å². The summed E-state index contributed by atoms with van der Waals surface area (Å²) < 4.78 is 4.91. The van der Waals surface area contributed by atoms with Crippen LogP contribution in [-0.4, -0.2) is 19.8 Å². The van der Waals surface area contributed by atoms with Crippen LogP contribution >= 0.6 is 0 Å². The molecule has 0 aromatic carbocycles. The average molecular weight is 129 g/mol. The molecule has 9 heavy (non-hydrogen) atoms. The molecular formula is C7H15NO. The van der Waals surface area contributed by atoms with Crippen molar-refractivity contribution in [2.45, 2.75) is 25.3 Å². The van der Waals surface area contributed by atoms with E-state index in [4.69, 9.17) is 10.5 Å². The molecule has 54 valence electrons. The van der Waals surface area contributed by atoms with E-state index in [1.807, 2.05) is 0 Å². The first-order valence-corrected chi connectivity index (χ1v) is 3.57. The van der Waals surface area contributed by atoms with Crippen molar-refractivity contribution in [1.82, 2.24) is 0 Å². The van der Waals surface area contributed by atoms with Gasteiger partial charge in [0.2, 0.25) is 0 Å². The summed E-state index contributed by atoms with van der Waals surface area (Å²) in [5.74, 6) is 0.926. The Morgan fingerprint density at radius 1 is 1.67 bits per heavy atom. The summed E-state index contributed by atoms with van der Waals surface area (Å²) >= 11 is 0. The van der Waals surface area contributed by atoms with Crippen LogP contribution in [0.15, 0.2) is 0 Å². The number of rotatable bonds is 4. The highest BCUT2D eigenvalue weighted by Crippen LogP contribution is 2.32. The van der Waals surface area contributed by atoms with Gasteiger partial charge in [-0.15, -0.1) is 0 Å². The molecule has 0 spiro atoms. The molecule has 0 aliphatic heterocycles. The predicted molar refractivity (Wildman–Crippen MR) is 37.2 cm³/mol. The lowest BCUT2D eigenvalue weighted by molar-refractivity contribution is 0.175. The fourth-order valence-corrected chi connectivity index (χ4v) is 1.06. The Morgan fingerprint density at radius 3 is 2.78 bits per heavy atom. The molecule has 0 aromatic heterocycles. The van der Waals surface area contributed by atoms with Crippen molar-refractivity contribution < 1.29 is 4.74 Å². The van der Waals surface area contributed by atoms with Crippen LogP contribution in [0.2, 0.25) is 0 Å². The van der Waals surface area contributed by atoms with Crippen LogP contribution in [0.25, 0.3) is 0 Å². The van der Waals surface area contributed by atoms with Gasteiger partial charge >= 0.3 is 0 Å². The lowest BCUT2D eigenvalue weighted by Gasteiger charge is -2.07. The van der Waals surface area contributed by atoms with Crippen LogP contribution < -0.4 is 5.73 Å². The highest BCUT2D eigenvalue weighted by Gasteiger charge is 2.23. The standard InChI is InChI=1S/C7H15NO/c1-9-5-7(8)4-6-2-3-6/h6-7H,2-5,8H2,1H3. The van der Waals surface area contributed by atoms with E-state index >= 15 is 0 Å². The monoisotopic (exact) mass is 129 g/mol. The molecule has 1 fully saturated rings. The molecule has 0 aromatic rings. The van der Waals surface area contributed by atoms with Gasteiger partial charge in [0, 0.05) is 13.2 Å². The Bertz CT molecular complexity index is 81.0. The van der Waals surface area contributed by atoms with Crippen molar-refractivity contribution in [3.05, 3.63) is 0 Å². The van der Waals surface area contributed by atoms with Gasteiger partial charge in [-0.05, 0) is 12.3 Å². The molecule has 0 amide bonds. The number of hydrogen-bond donors (Lipinski definition) is 1. The maximum atomic E-state index is 5.70. The van der Waals surface area contributed by atoms with E-state index in [1.165, 1.54) is 12.8 Å². The quantitative estimate of drug-likeness (QED) is 0.608. The Morgan fingerprint density at radius 2 is 2.33 bits per heavy atom. The molecule has 2 heteroatoms. The molecule has 2 nitrogen and oxygen atoms in total. The average Bonchev–Trinajstić information content (AvgIpc) is 2.50. The number of methoxy groups -OCH3 is 1. The van der Waals surface area contributed by atoms with E-state index in [-0.39, 0.29) is 6.04 Å². The van der Waals surface area contributed by atoms with Crippen LogP contribution in [0.1, 0.15) is 19.3 Å². The van der Waals surface area contributed by atoms with Gasteiger partial charge in [-0.3, -0.25) is 0 Å². The minimum atomic E-state index is 0.280. The van der Waals surface area contributed by atoms with E-state index in [2.05, 4.69) is 0 Å².